The van der Waals surface area contributed by atoms with Crippen LogP contribution in [-0.4, -0.2) is 44.6 Å². The predicted molar refractivity (Wildman–Crippen MR) is 70.9 cm³/mol. The first kappa shape index (κ1) is 16.8. The van der Waals surface area contributed by atoms with Gasteiger partial charge in [0.1, 0.15) is 0 Å². The molecular formula is C13H18O6. The fraction of sp³-hybridized carbons (Fsp3) is 0.308. The first-order valence-corrected chi connectivity index (χ1v) is 5.28. The minimum Gasteiger partial charge on any atom is -0.493 e. The molecule has 0 aliphatic carbocycles. The van der Waals surface area contributed by atoms with Gasteiger partial charge in [-0.3, -0.25) is 0 Å². The predicted octanol–water partition coefficient (Wildman–Crippen LogP) is 1.42. The van der Waals surface area contributed by atoms with Crippen molar-refractivity contribution in [3.8, 4) is 17.2 Å². The molecular weight excluding hydrogens is 252 g/mol. The van der Waals surface area contributed by atoms with E-state index in [1.165, 1.54) is 27.4 Å². The Bertz CT molecular complexity index is 414. The van der Waals surface area contributed by atoms with Crippen molar-refractivity contribution in [2.75, 3.05) is 28.4 Å². The number of carbonyl (C=O) groups is 1. The Morgan fingerprint density at radius 2 is 1.53 bits per heavy atom. The quantitative estimate of drug-likeness (QED) is 0.787. The zero-order valence-electron chi connectivity index (χ0n) is 11.3. The van der Waals surface area contributed by atoms with Gasteiger partial charge in [-0.15, -0.1) is 0 Å². The molecule has 0 aliphatic rings. The lowest BCUT2D eigenvalue weighted by atomic mass is 10.1. The molecule has 1 rings (SSSR count). The molecule has 2 N–H and O–H groups in total. The third-order valence-electron chi connectivity index (χ3n) is 2.11. The third kappa shape index (κ3) is 4.89. The summed E-state index contributed by atoms with van der Waals surface area (Å²) in [7, 11) is 5.51. The number of hydrogen-bond acceptors (Lipinski definition) is 5. The van der Waals surface area contributed by atoms with Crippen LogP contribution in [0, 0.1) is 0 Å². The van der Waals surface area contributed by atoms with Crippen LogP contribution in [0.2, 0.25) is 0 Å². The highest BCUT2D eigenvalue weighted by Crippen LogP contribution is 2.38. The lowest BCUT2D eigenvalue weighted by Crippen LogP contribution is -1.95. The molecule has 0 aliphatic heterocycles. The Labute approximate surface area is 111 Å². The first-order valence-electron chi connectivity index (χ1n) is 5.28. The van der Waals surface area contributed by atoms with Crippen molar-refractivity contribution in [3.05, 3.63) is 23.8 Å². The average Bonchev–Trinajstić information content (AvgIpc) is 2.45. The number of hydrogen-bond donors (Lipinski definition) is 2. The normalized spacial score (nSPS) is 9.53. The number of aliphatic hydroxyl groups excluding tert-OH is 1. The Kier molecular flexibility index (Phi) is 7.79. The van der Waals surface area contributed by atoms with Crippen LogP contribution in [0.1, 0.15) is 5.56 Å². The fourth-order valence-electron chi connectivity index (χ4n) is 1.37. The summed E-state index contributed by atoms with van der Waals surface area (Å²) in [6.07, 6.45) is 2.49. The summed E-state index contributed by atoms with van der Waals surface area (Å²) in [5, 5.41) is 15.6. The van der Waals surface area contributed by atoms with Gasteiger partial charge in [0.2, 0.25) is 5.75 Å². The molecule has 0 saturated heterocycles. The Balaban J connectivity index is 0.00000154. The largest absolute Gasteiger partial charge is 0.493 e. The van der Waals surface area contributed by atoms with Gasteiger partial charge in [-0.05, 0) is 23.8 Å². The molecule has 6 heteroatoms. The van der Waals surface area contributed by atoms with E-state index < -0.39 is 5.97 Å². The first-order chi connectivity index (χ1) is 9.12. The van der Waals surface area contributed by atoms with E-state index in [0.29, 0.717) is 22.8 Å². The van der Waals surface area contributed by atoms with E-state index in [4.69, 9.17) is 24.4 Å². The molecule has 0 fully saturated rings. The molecule has 19 heavy (non-hydrogen) atoms. The van der Waals surface area contributed by atoms with Gasteiger partial charge in [0.15, 0.2) is 11.5 Å². The van der Waals surface area contributed by atoms with Crippen molar-refractivity contribution in [3.63, 3.8) is 0 Å². The highest BCUT2D eigenvalue weighted by molar-refractivity contribution is 5.85. The molecule has 0 radical (unpaired) electrons. The maximum atomic E-state index is 10.4. The molecule has 0 amide bonds. The highest BCUT2D eigenvalue weighted by Gasteiger charge is 2.11. The number of ether oxygens (including phenoxy) is 3. The monoisotopic (exact) mass is 270 g/mol. The van der Waals surface area contributed by atoms with E-state index in [0.717, 1.165) is 13.2 Å². The molecule has 0 spiro atoms. The summed E-state index contributed by atoms with van der Waals surface area (Å²) in [5.41, 5.74) is 0.655. The topological polar surface area (TPSA) is 85.2 Å². The Morgan fingerprint density at radius 1 is 1.05 bits per heavy atom. The molecule has 0 bridgehead atoms. The van der Waals surface area contributed by atoms with E-state index in [-0.39, 0.29) is 0 Å². The van der Waals surface area contributed by atoms with Gasteiger partial charge >= 0.3 is 5.97 Å². The number of carboxylic acid groups (broad SMARTS) is 1. The summed E-state index contributed by atoms with van der Waals surface area (Å²) < 4.78 is 15.4. The molecule has 0 heterocycles. The maximum absolute atomic E-state index is 10.4. The van der Waals surface area contributed by atoms with E-state index >= 15 is 0 Å². The van der Waals surface area contributed by atoms with E-state index in [1.807, 2.05) is 0 Å². The van der Waals surface area contributed by atoms with Crippen LogP contribution >= 0.6 is 0 Å². The van der Waals surface area contributed by atoms with Crippen molar-refractivity contribution in [2.45, 2.75) is 0 Å². The van der Waals surface area contributed by atoms with Crippen LogP contribution < -0.4 is 14.2 Å². The van der Waals surface area contributed by atoms with Crippen molar-refractivity contribution in [2.24, 2.45) is 0 Å². The fourth-order valence-corrected chi connectivity index (χ4v) is 1.37. The van der Waals surface area contributed by atoms with Gasteiger partial charge in [0.05, 0.1) is 21.3 Å². The average molecular weight is 270 g/mol. The van der Waals surface area contributed by atoms with Gasteiger partial charge in [0.25, 0.3) is 0 Å². The molecule has 0 aromatic heterocycles. The van der Waals surface area contributed by atoms with Gasteiger partial charge < -0.3 is 24.4 Å². The number of aliphatic hydroxyl groups is 1. The van der Waals surface area contributed by atoms with Crippen molar-refractivity contribution in [1.82, 2.24) is 0 Å². The molecule has 0 unspecified atom stereocenters. The summed E-state index contributed by atoms with van der Waals surface area (Å²) >= 11 is 0. The van der Waals surface area contributed by atoms with E-state index in [2.05, 4.69) is 0 Å². The summed E-state index contributed by atoms with van der Waals surface area (Å²) in [4.78, 5) is 10.4. The van der Waals surface area contributed by atoms with Crippen LogP contribution in [-0.2, 0) is 4.79 Å². The molecule has 1 aromatic rings. The molecule has 0 atom stereocenters. The number of aliphatic carboxylic acids is 1. The highest BCUT2D eigenvalue weighted by atomic mass is 16.5. The molecule has 0 saturated carbocycles. The summed E-state index contributed by atoms with van der Waals surface area (Å²) in [5.74, 6) is 0.426. The van der Waals surface area contributed by atoms with Crippen LogP contribution in [0.5, 0.6) is 17.2 Å². The van der Waals surface area contributed by atoms with Gasteiger partial charge in [-0.1, -0.05) is 0 Å². The third-order valence-corrected chi connectivity index (χ3v) is 2.11. The molecule has 1 aromatic carbocycles. The van der Waals surface area contributed by atoms with E-state index in [1.54, 1.807) is 12.1 Å². The van der Waals surface area contributed by atoms with Crippen molar-refractivity contribution in [1.29, 1.82) is 0 Å². The number of rotatable bonds is 5. The lowest BCUT2D eigenvalue weighted by molar-refractivity contribution is -0.131. The van der Waals surface area contributed by atoms with Gasteiger partial charge in [0, 0.05) is 13.2 Å². The van der Waals surface area contributed by atoms with Gasteiger partial charge in [-0.25, -0.2) is 4.79 Å². The summed E-state index contributed by atoms with van der Waals surface area (Å²) in [6, 6.07) is 3.33. The molecule has 106 valence electrons. The number of carboxylic acids is 1. The van der Waals surface area contributed by atoms with Crippen LogP contribution in [0.25, 0.3) is 6.08 Å². The van der Waals surface area contributed by atoms with Crippen molar-refractivity contribution >= 4 is 12.0 Å². The second-order valence-corrected chi connectivity index (χ2v) is 3.13. The minimum absolute atomic E-state index is 0.475. The van der Waals surface area contributed by atoms with Gasteiger partial charge in [-0.2, -0.15) is 0 Å². The lowest BCUT2D eigenvalue weighted by Gasteiger charge is -2.12. The standard InChI is InChI=1S/C12H14O5.CH4O/c1-15-9-6-8(4-5-11(13)14)7-10(16-2)12(9)17-3;1-2/h4-7H,1-3H3,(H,13,14);2H,1H3/b5-4+;. The number of methoxy groups -OCH3 is 3. The Hall–Kier alpha value is -2.21. The number of benzene rings is 1. The van der Waals surface area contributed by atoms with Crippen LogP contribution in [0.3, 0.4) is 0 Å². The maximum Gasteiger partial charge on any atom is 0.328 e. The van der Waals surface area contributed by atoms with E-state index in [9.17, 15) is 4.79 Å². The summed E-state index contributed by atoms with van der Waals surface area (Å²) in [6.45, 7) is 0. The van der Waals surface area contributed by atoms with Crippen molar-refractivity contribution < 1.29 is 29.2 Å². The Morgan fingerprint density at radius 3 is 1.84 bits per heavy atom. The SMILES string of the molecule is CO.COc1cc(/C=C/C(=O)O)cc(OC)c1OC. The second-order valence-electron chi connectivity index (χ2n) is 3.13. The zero-order chi connectivity index (χ0) is 14.8. The van der Waals surface area contributed by atoms with Crippen LogP contribution in [0.4, 0.5) is 0 Å². The smallest absolute Gasteiger partial charge is 0.328 e. The molecule has 6 nitrogen and oxygen atoms in total. The second kappa shape index (κ2) is 8.82. The van der Waals surface area contributed by atoms with Crippen LogP contribution in [0.15, 0.2) is 18.2 Å². The zero-order valence-corrected chi connectivity index (χ0v) is 11.3. The minimum atomic E-state index is -1.02.